The number of amides is 1. The highest BCUT2D eigenvalue weighted by molar-refractivity contribution is 6.22. The second-order valence-electron chi connectivity index (χ2n) is 4.59. The lowest BCUT2D eigenvalue weighted by Crippen LogP contribution is -2.19. The van der Waals surface area contributed by atoms with Crippen LogP contribution in [-0.4, -0.2) is 18.7 Å². The van der Waals surface area contributed by atoms with Crippen molar-refractivity contribution in [3.05, 3.63) is 29.3 Å². The number of hydrogen-bond acceptors (Lipinski definition) is 3. The largest absolute Gasteiger partial charge is 0.496 e. The summed E-state index contributed by atoms with van der Waals surface area (Å²) in [6.45, 7) is 3.67. The molecule has 0 saturated carbocycles. The lowest BCUT2D eigenvalue weighted by Gasteiger charge is -2.20. The summed E-state index contributed by atoms with van der Waals surface area (Å²) in [4.78, 5) is 11.4. The third kappa shape index (κ3) is 2.52. The van der Waals surface area contributed by atoms with Gasteiger partial charge in [-0.05, 0) is 31.9 Å². The van der Waals surface area contributed by atoms with Crippen LogP contribution >= 0.6 is 0 Å². The van der Waals surface area contributed by atoms with Crippen molar-refractivity contribution in [3.8, 4) is 5.75 Å². The molecule has 100 valence electrons. The minimum Gasteiger partial charge on any atom is -0.496 e. The number of methoxy groups -OCH3 is 1. The number of aryl methyl sites for hydroxylation is 1. The SMILES string of the molecule is CC=C(C(C)=N)c1cc2c(cc1OC)NC(=O)CC2. The Bertz CT molecular complexity index is 574. The number of carbonyl (C=O) groups excluding carboxylic acids is 1. The molecule has 0 radical (unpaired) electrons. The van der Waals surface area contributed by atoms with Crippen LogP contribution in [0, 0.1) is 5.41 Å². The van der Waals surface area contributed by atoms with Gasteiger partial charge in [-0.15, -0.1) is 0 Å². The van der Waals surface area contributed by atoms with Crippen LogP contribution in [0.1, 0.15) is 31.4 Å². The van der Waals surface area contributed by atoms with E-state index in [1.165, 1.54) is 0 Å². The Morgan fingerprint density at radius 1 is 1.42 bits per heavy atom. The highest BCUT2D eigenvalue weighted by Crippen LogP contribution is 2.34. The Morgan fingerprint density at radius 2 is 2.16 bits per heavy atom. The van der Waals surface area contributed by atoms with Crippen molar-refractivity contribution in [3.63, 3.8) is 0 Å². The molecule has 19 heavy (non-hydrogen) atoms. The van der Waals surface area contributed by atoms with E-state index in [1.54, 1.807) is 14.0 Å². The van der Waals surface area contributed by atoms with Gasteiger partial charge in [-0.1, -0.05) is 6.08 Å². The van der Waals surface area contributed by atoms with Gasteiger partial charge < -0.3 is 15.5 Å². The highest BCUT2D eigenvalue weighted by atomic mass is 16.5. The molecule has 1 aliphatic rings. The van der Waals surface area contributed by atoms with Crippen molar-refractivity contribution in [2.45, 2.75) is 26.7 Å². The predicted octanol–water partition coefficient (Wildman–Crippen LogP) is 3.02. The zero-order valence-corrected chi connectivity index (χ0v) is 11.5. The normalized spacial score (nSPS) is 14.7. The summed E-state index contributed by atoms with van der Waals surface area (Å²) in [5.74, 6) is 0.720. The van der Waals surface area contributed by atoms with Crippen molar-refractivity contribution in [1.82, 2.24) is 0 Å². The minimum atomic E-state index is 0.0387. The number of carbonyl (C=O) groups is 1. The number of nitrogens with one attached hydrogen (secondary N) is 2. The van der Waals surface area contributed by atoms with Gasteiger partial charge in [0.15, 0.2) is 0 Å². The van der Waals surface area contributed by atoms with Crippen LogP contribution in [0.3, 0.4) is 0 Å². The molecule has 2 rings (SSSR count). The Labute approximate surface area is 113 Å². The van der Waals surface area contributed by atoms with Gasteiger partial charge in [-0.3, -0.25) is 4.79 Å². The molecule has 0 unspecified atom stereocenters. The van der Waals surface area contributed by atoms with E-state index in [1.807, 2.05) is 25.1 Å². The minimum absolute atomic E-state index is 0.0387. The quantitative estimate of drug-likeness (QED) is 0.819. The molecule has 0 spiro atoms. The van der Waals surface area contributed by atoms with Crippen LogP contribution in [0.2, 0.25) is 0 Å². The van der Waals surface area contributed by atoms with E-state index in [0.717, 1.165) is 28.8 Å². The summed E-state index contributed by atoms with van der Waals surface area (Å²) in [6.07, 6.45) is 3.15. The molecular weight excluding hydrogens is 240 g/mol. The van der Waals surface area contributed by atoms with E-state index in [9.17, 15) is 4.79 Å². The van der Waals surface area contributed by atoms with E-state index in [-0.39, 0.29) is 5.91 Å². The van der Waals surface area contributed by atoms with Crippen molar-refractivity contribution >= 4 is 22.9 Å². The molecule has 0 bridgehead atoms. The van der Waals surface area contributed by atoms with Gasteiger partial charge in [0.25, 0.3) is 0 Å². The first kappa shape index (κ1) is 13.3. The molecule has 1 aliphatic heterocycles. The van der Waals surface area contributed by atoms with E-state index in [2.05, 4.69) is 5.32 Å². The molecule has 4 heteroatoms. The molecule has 1 aromatic carbocycles. The first-order valence-corrected chi connectivity index (χ1v) is 6.29. The topological polar surface area (TPSA) is 62.2 Å². The van der Waals surface area contributed by atoms with Crippen molar-refractivity contribution in [1.29, 1.82) is 5.41 Å². The van der Waals surface area contributed by atoms with Crippen LogP contribution in [0.15, 0.2) is 18.2 Å². The molecule has 0 aromatic heterocycles. The number of ether oxygens (including phenoxy) is 1. The lowest BCUT2D eigenvalue weighted by atomic mass is 9.94. The van der Waals surface area contributed by atoms with Gasteiger partial charge >= 0.3 is 0 Å². The fourth-order valence-electron chi connectivity index (χ4n) is 2.36. The number of hydrogen-bond donors (Lipinski definition) is 2. The molecule has 0 fully saturated rings. The number of allylic oxidation sites excluding steroid dienone is 2. The van der Waals surface area contributed by atoms with Crippen LogP contribution < -0.4 is 10.1 Å². The Kier molecular flexibility index (Phi) is 3.69. The molecule has 1 heterocycles. The Morgan fingerprint density at radius 3 is 2.74 bits per heavy atom. The zero-order valence-electron chi connectivity index (χ0n) is 11.5. The number of anilines is 1. The second kappa shape index (κ2) is 5.26. The van der Waals surface area contributed by atoms with Crippen LogP contribution in [0.5, 0.6) is 5.75 Å². The van der Waals surface area contributed by atoms with Crippen LogP contribution in [0.4, 0.5) is 5.69 Å². The molecule has 0 aliphatic carbocycles. The monoisotopic (exact) mass is 258 g/mol. The van der Waals surface area contributed by atoms with Gasteiger partial charge in [0.2, 0.25) is 5.91 Å². The molecule has 0 saturated heterocycles. The van der Waals surface area contributed by atoms with Gasteiger partial charge in [-0.25, -0.2) is 0 Å². The van der Waals surface area contributed by atoms with E-state index in [4.69, 9.17) is 10.1 Å². The standard InChI is InChI=1S/C15H18N2O2/c1-4-11(9(2)16)12-7-10-5-6-15(18)17-13(10)8-14(12)19-3/h4,7-8,16H,5-6H2,1-3H3,(H,17,18). The zero-order chi connectivity index (χ0) is 14.0. The third-order valence-corrected chi connectivity index (χ3v) is 3.30. The first-order chi connectivity index (χ1) is 9.06. The Hall–Kier alpha value is -2.10. The predicted molar refractivity (Wildman–Crippen MR) is 77.0 cm³/mol. The fourth-order valence-corrected chi connectivity index (χ4v) is 2.36. The van der Waals surface area contributed by atoms with Crippen molar-refractivity contribution < 1.29 is 9.53 Å². The molecule has 0 atom stereocenters. The smallest absolute Gasteiger partial charge is 0.224 e. The Balaban J connectivity index is 2.56. The van der Waals surface area contributed by atoms with Gasteiger partial charge in [0.1, 0.15) is 5.75 Å². The second-order valence-corrected chi connectivity index (χ2v) is 4.59. The van der Waals surface area contributed by atoms with Gasteiger partial charge in [0, 0.05) is 35.0 Å². The van der Waals surface area contributed by atoms with E-state index < -0.39 is 0 Å². The maximum Gasteiger partial charge on any atom is 0.224 e. The third-order valence-electron chi connectivity index (χ3n) is 3.30. The number of benzene rings is 1. The average Bonchev–Trinajstić information content (AvgIpc) is 2.38. The summed E-state index contributed by atoms with van der Waals surface area (Å²) in [7, 11) is 1.60. The summed E-state index contributed by atoms with van der Waals surface area (Å²) in [5.41, 5.74) is 4.18. The van der Waals surface area contributed by atoms with Crippen molar-refractivity contribution in [2.24, 2.45) is 0 Å². The van der Waals surface area contributed by atoms with E-state index in [0.29, 0.717) is 17.9 Å². The molecule has 2 N–H and O–H groups in total. The summed E-state index contributed by atoms with van der Waals surface area (Å²) in [5, 5.41) is 10.7. The molecular formula is C15H18N2O2. The van der Waals surface area contributed by atoms with Crippen LogP contribution in [0.25, 0.3) is 5.57 Å². The summed E-state index contributed by atoms with van der Waals surface area (Å²) >= 11 is 0. The first-order valence-electron chi connectivity index (χ1n) is 6.29. The average molecular weight is 258 g/mol. The molecule has 4 nitrogen and oxygen atoms in total. The lowest BCUT2D eigenvalue weighted by molar-refractivity contribution is -0.116. The highest BCUT2D eigenvalue weighted by Gasteiger charge is 2.19. The van der Waals surface area contributed by atoms with Gasteiger partial charge in [-0.2, -0.15) is 0 Å². The fraction of sp³-hybridized carbons (Fsp3) is 0.333. The maximum absolute atomic E-state index is 11.4. The molecule has 1 amide bonds. The van der Waals surface area contributed by atoms with Crippen LogP contribution in [-0.2, 0) is 11.2 Å². The van der Waals surface area contributed by atoms with Gasteiger partial charge in [0.05, 0.1) is 7.11 Å². The molecule has 1 aromatic rings. The maximum atomic E-state index is 11.4. The number of fused-ring (bicyclic) bond motifs is 1. The summed E-state index contributed by atoms with van der Waals surface area (Å²) < 4.78 is 5.39. The van der Waals surface area contributed by atoms with E-state index >= 15 is 0 Å². The number of rotatable bonds is 3. The van der Waals surface area contributed by atoms with Crippen molar-refractivity contribution in [2.75, 3.05) is 12.4 Å². The summed E-state index contributed by atoms with van der Waals surface area (Å²) in [6, 6.07) is 3.86.